The highest BCUT2D eigenvalue weighted by molar-refractivity contribution is 4.46. The lowest BCUT2D eigenvalue weighted by molar-refractivity contribution is -0.958. The fraction of sp³-hybridized carbons (Fsp3) is 1.00. The summed E-state index contributed by atoms with van der Waals surface area (Å²) in [7, 11) is 2.06. The number of nitrogens with zero attached hydrogens (tertiary/aromatic N) is 1. The molecule has 0 saturated carbocycles. The van der Waals surface area contributed by atoms with Gasteiger partial charge in [0.2, 0.25) is 0 Å². The van der Waals surface area contributed by atoms with Crippen LogP contribution in [-0.4, -0.2) is 54.6 Å². The van der Waals surface area contributed by atoms with Gasteiger partial charge in [0.15, 0.2) is 6.23 Å². The Kier molecular flexibility index (Phi) is 3.96. The maximum atomic E-state index is 9.35. The van der Waals surface area contributed by atoms with E-state index < -0.39 is 0 Å². The molecule has 1 aliphatic heterocycles. The van der Waals surface area contributed by atoms with Crippen molar-refractivity contribution in [3.05, 3.63) is 0 Å². The Morgan fingerprint density at radius 1 is 1.36 bits per heavy atom. The first kappa shape index (κ1) is 10.8. The summed E-state index contributed by atoms with van der Waals surface area (Å²) in [4.78, 5) is 0. The maximum Gasteiger partial charge on any atom is 0.187 e. The highest BCUT2D eigenvalue weighted by atomic mass is 16.5. The molecule has 1 aliphatic rings. The summed E-state index contributed by atoms with van der Waals surface area (Å²) in [5.74, 6) is 0. The van der Waals surface area contributed by atoms with Crippen LogP contribution in [0.15, 0.2) is 0 Å². The summed E-state index contributed by atoms with van der Waals surface area (Å²) < 4.78 is 5.92. The average molecular weight is 163 g/mol. The summed E-state index contributed by atoms with van der Waals surface area (Å²) in [5, 5.41) is 9.35. The van der Waals surface area contributed by atoms with Crippen molar-refractivity contribution in [2.24, 2.45) is 0 Å². The number of likely N-dealkylation sites (N-methyl/N-ethyl adjacent to an activating group) is 1. The SMILES string of the molecule is CC(O)[N+]1(C)CCOCC1.[OH-]. The number of rotatable bonds is 1. The van der Waals surface area contributed by atoms with Gasteiger partial charge in [-0.2, -0.15) is 0 Å². The van der Waals surface area contributed by atoms with Gasteiger partial charge in [-0.15, -0.1) is 0 Å². The molecule has 68 valence electrons. The van der Waals surface area contributed by atoms with Crippen LogP contribution in [0.4, 0.5) is 0 Å². The lowest BCUT2D eigenvalue weighted by Gasteiger charge is -2.39. The first-order valence-corrected chi connectivity index (χ1v) is 3.75. The molecule has 0 amide bonds. The second kappa shape index (κ2) is 4.01. The van der Waals surface area contributed by atoms with Gasteiger partial charge in [0.25, 0.3) is 0 Å². The van der Waals surface area contributed by atoms with Crippen molar-refractivity contribution in [3.63, 3.8) is 0 Å². The Morgan fingerprint density at radius 3 is 2.09 bits per heavy atom. The molecule has 1 atom stereocenters. The van der Waals surface area contributed by atoms with Crippen molar-refractivity contribution in [2.75, 3.05) is 33.4 Å². The van der Waals surface area contributed by atoms with Gasteiger partial charge in [-0.05, 0) is 0 Å². The standard InChI is InChI=1S/C7H16NO2.H2O/c1-7(9)8(2)3-5-10-6-4-8;/h7,9H,3-6H2,1-2H3;1H2/q+1;/p-1. The Bertz CT molecular complexity index is 110. The number of quaternary nitrogens is 1. The van der Waals surface area contributed by atoms with E-state index >= 15 is 0 Å². The molecule has 2 N–H and O–H groups in total. The van der Waals surface area contributed by atoms with E-state index in [9.17, 15) is 5.11 Å². The van der Waals surface area contributed by atoms with Gasteiger partial charge < -0.3 is 15.3 Å². The van der Waals surface area contributed by atoms with Gasteiger partial charge in [0, 0.05) is 6.92 Å². The van der Waals surface area contributed by atoms with E-state index in [1.54, 1.807) is 0 Å². The zero-order valence-corrected chi connectivity index (χ0v) is 7.16. The summed E-state index contributed by atoms with van der Waals surface area (Å²) in [6.45, 7) is 5.25. The quantitative estimate of drug-likeness (QED) is 0.536. The van der Waals surface area contributed by atoms with Gasteiger partial charge >= 0.3 is 0 Å². The van der Waals surface area contributed by atoms with Crippen molar-refractivity contribution in [3.8, 4) is 0 Å². The van der Waals surface area contributed by atoms with E-state index in [0.29, 0.717) is 0 Å². The minimum absolute atomic E-state index is 0. The molecular formula is C7H17NO3. The van der Waals surface area contributed by atoms with Gasteiger partial charge in [0.05, 0.1) is 20.3 Å². The molecule has 0 spiro atoms. The van der Waals surface area contributed by atoms with Crippen LogP contribution in [0.5, 0.6) is 0 Å². The van der Waals surface area contributed by atoms with Crippen LogP contribution in [-0.2, 0) is 4.74 Å². The van der Waals surface area contributed by atoms with Crippen LogP contribution in [0, 0.1) is 0 Å². The van der Waals surface area contributed by atoms with Crippen LogP contribution in [0.3, 0.4) is 0 Å². The third-order valence-electron chi connectivity index (χ3n) is 2.40. The molecule has 4 nitrogen and oxygen atoms in total. The van der Waals surface area contributed by atoms with Crippen LogP contribution in [0.2, 0.25) is 0 Å². The molecule has 0 aromatic heterocycles. The molecule has 11 heavy (non-hydrogen) atoms. The van der Waals surface area contributed by atoms with Gasteiger partial charge in [-0.1, -0.05) is 0 Å². The Labute approximate surface area is 67.3 Å². The maximum absolute atomic E-state index is 9.35. The van der Waals surface area contributed by atoms with E-state index in [2.05, 4.69) is 7.05 Å². The van der Waals surface area contributed by atoms with E-state index in [1.807, 2.05) is 6.92 Å². The lowest BCUT2D eigenvalue weighted by atomic mass is 10.3. The molecule has 4 heteroatoms. The van der Waals surface area contributed by atoms with Crippen molar-refractivity contribution in [1.29, 1.82) is 0 Å². The molecule has 1 rings (SSSR count). The predicted molar refractivity (Wildman–Crippen MR) is 40.4 cm³/mol. The van der Waals surface area contributed by atoms with Gasteiger partial charge in [0.1, 0.15) is 13.1 Å². The third kappa shape index (κ3) is 2.41. The Morgan fingerprint density at radius 2 is 1.82 bits per heavy atom. The van der Waals surface area contributed by atoms with Gasteiger partial charge in [-0.3, -0.25) is 4.48 Å². The van der Waals surface area contributed by atoms with Crippen molar-refractivity contribution in [2.45, 2.75) is 13.2 Å². The van der Waals surface area contributed by atoms with Crippen LogP contribution in [0.1, 0.15) is 6.92 Å². The zero-order valence-electron chi connectivity index (χ0n) is 7.16. The highest BCUT2D eigenvalue weighted by Crippen LogP contribution is 2.10. The molecule has 1 unspecified atom stereocenters. The normalized spacial score (nSPS) is 25.4. The summed E-state index contributed by atoms with van der Waals surface area (Å²) in [5.41, 5.74) is 0. The smallest absolute Gasteiger partial charge is 0.187 e. The Hall–Kier alpha value is -0.160. The minimum Gasteiger partial charge on any atom is -0.870 e. The first-order valence-electron chi connectivity index (χ1n) is 3.75. The molecule has 1 saturated heterocycles. The average Bonchev–Trinajstić information content (AvgIpc) is 1.89. The number of aliphatic hydroxyl groups excluding tert-OH is 1. The molecule has 0 bridgehead atoms. The molecule has 0 aromatic carbocycles. The minimum atomic E-state index is -0.260. The molecular weight excluding hydrogens is 146 g/mol. The summed E-state index contributed by atoms with van der Waals surface area (Å²) >= 11 is 0. The van der Waals surface area contributed by atoms with Crippen LogP contribution >= 0.6 is 0 Å². The molecule has 0 aliphatic carbocycles. The highest BCUT2D eigenvalue weighted by Gasteiger charge is 2.29. The van der Waals surface area contributed by atoms with E-state index in [-0.39, 0.29) is 11.7 Å². The van der Waals surface area contributed by atoms with Crippen LogP contribution in [0.25, 0.3) is 0 Å². The van der Waals surface area contributed by atoms with E-state index in [4.69, 9.17) is 4.74 Å². The monoisotopic (exact) mass is 163 g/mol. The number of hydrogen-bond acceptors (Lipinski definition) is 3. The summed E-state index contributed by atoms with van der Waals surface area (Å²) in [6.07, 6.45) is -0.260. The predicted octanol–water partition coefficient (Wildman–Crippen LogP) is -0.375. The molecule has 0 radical (unpaired) electrons. The van der Waals surface area contributed by atoms with Crippen molar-refractivity contribution >= 4 is 0 Å². The third-order valence-corrected chi connectivity index (χ3v) is 2.40. The first-order chi connectivity index (χ1) is 4.65. The number of ether oxygens (including phenoxy) is 1. The van der Waals surface area contributed by atoms with Crippen molar-refractivity contribution < 1.29 is 19.8 Å². The second-order valence-corrected chi connectivity index (χ2v) is 3.17. The number of morpholine rings is 1. The van der Waals surface area contributed by atoms with Crippen LogP contribution < -0.4 is 0 Å². The van der Waals surface area contributed by atoms with E-state index in [1.165, 1.54) is 0 Å². The molecule has 0 aromatic rings. The van der Waals surface area contributed by atoms with E-state index in [0.717, 1.165) is 30.8 Å². The number of hydrogen-bond donors (Lipinski definition) is 1. The van der Waals surface area contributed by atoms with Crippen molar-refractivity contribution in [1.82, 2.24) is 0 Å². The lowest BCUT2D eigenvalue weighted by Crippen LogP contribution is -2.57. The molecule has 1 fully saturated rings. The second-order valence-electron chi connectivity index (χ2n) is 3.17. The fourth-order valence-corrected chi connectivity index (χ4v) is 1.13. The Balaban J connectivity index is 0.000001000. The fourth-order valence-electron chi connectivity index (χ4n) is 1.13. The molecule has 1 heterocycles. The van der Waals surface area contributed by atoms with Gasteiger partial charge in [-0.25, -0.2) is 0 Å². The largest absolute Gasteiger partial charge is 0.870 e. The zero-order chi connectivity index (χ0) is 7.61. The summed E-state index contributed by atoms with van der Waals surface area (Å²) in [6, 6.07) is 0. The topological polar surface area (TPSA) is 59.5 Å². The number of aliphatic hydroxyl groups is 1.